The standard InChI is InChI=1S/C33H44F3N3O2/c1-32(2,3)41-31(40)37-19-9-5-4-6-10-20-38-21-17-26(18-22-38)29-24-39(30-12-8-7-11-28(29)30)23-25-13-15-27(16-14-25)33(34,35)36/h7-8,11-16,24,26H,4-6,9-10,17-23H2,1-3H3,(H,37,40). The van der Waals surface area contributed by atoms with E-state index >= 15 is 0 Å². The summed E-state index contributed by atoms with van der Waals surface area (Å²) in [4.78, 5) is 14.3. The lowest BCUT2D eigenvalue weighted by molar-refractivity contribution is -0.137. The molecule has 4 rings (SSSR count). The van der Waals surface area contributed by atoms with Gasteiger partial charge in [0.2, 0.25) is 0 Å². The van der Waals surface area contributed by atoms with E-state index in [0.717, 1.165) is 56.4 Å². The number of hydrogen-bond donors (Lipinski definition) is 1. The Bertz CT molecular complexity index is 1250. The predicted octanol–water partition coefficient (Wildman–Crippen LogP) is 8.36. The number of carbonyl (C=O) groups is 1. The largest absolute Gasteiger partial charge is 0.444 e. The number of hydrogen-bond acceptors (Lipinski definition) is 3. The fourth-order valence-corrected chi connectivity index (χ4v) is 5.69. The van der Waals surface area contributed by atoms with Gasteiger partial charge in [-0.05, 0) is 101 Å². The minimum Gasteiger partial charge on any atom is -0.444 e. The van der Waals surface area contributed by atoms with Crippen LogP contribution >= 0.6 is 0 Å². The second kappa shape index (κ2) is 13.8. The van der Waals surface area contributed by atoms with Gasteiger partial charge >= 0.3 is 12.3 Å². The third-order valence-corrected chi connectivity index (χ3v) is 7.80. The molecule has 0 spiro atoms. The Morgan fingerprint density at radius 1 is 0.927 bits per heavy atom. The number of ether oxygens (including phenoxy) is 1. The van der Waals surface area contributed by atoms with Crippen LogP contribution in [0.2, 0.25) is 0 Å². The minimum absolute atomic E-state index is 0.343. The number of piperidine rings is 1. The van der Waals surface area contributed by atoms with E-state index in [1.165, 1.54) is 42.3 Å². The van der Waals surface area contributed by atoms with Crippen LogP contribution in [0, 0.1) is 0 Å². The highest BCUT2D eigenvalue weighted by Gasteiger charge is 2.30. The van der Waals surface area contributed by atoms with Crippen LogP contribution in [0.5, 0.6) is 0 Å². The molecule has 41 heavy (non-hydrogen) atoms. The molecular formula is C33H44F3N3O2. The Morgan fingerprint density at radius 3 is 2.27 bits per heavy atom. The van der Waals surface area contributed by atoms with E-state index in [1.54, 1.807) is 12.1 Å². The summed E-state index contributed by atoms with van der Waals surface area (Å²) in [7, 11) is 0. The summed E-state index contributed by atoms with van der Waals surface area (Å²) in [6.07, 6.45) is 5.43. The molecule has 1 amide bonds. The highest BCUT2D eigenvalue weighted by molar-refractivity contribution is 5.84. The van der Waals surface area contributed by atoms with Gasteiger partial charge in [0.15, 0.2) is 0 Å². The second-order valence-corrected chi connectivity index (χ2v) is 12.2. The average molecular weight is 572 g/mol. The van der Waals surface area contributed by atoms with Gasteiger partial charge in [0.1, 0.15) is 5.60 Å². The number of nitrogens with zero attached hydrogens (tertiary/aromatic N) is 2. The van der Waals surface area contributed by atoms with Crippen molar-refractivity contribution in [2.24, 2.45) is 0 Å². The number of alkyl carbamates (subject to hydrolysis) is 1. The summed E-state index contributed by atoms with van der Waals surface area (Å²) in [5, 5.41) is 4.07. The van der Waals surface area contributed by atoms with Crippen LogP contribution in [0.15, 0.2) is 54.7 Å². The SMILES string of the molecule is CC(C)(C)OC(=O)NCCCCCCCN1CCC(c2cn(Cc3ccc(C(F)(F)F)cc3)c3ccccc23)CC1. The average Bonchev–Trinajstić information content (AvgIpc) is 3.27. The van der Waals surface area contributed by atoms with Crippen molar-refractivity contribution in [2.45, 2.75) is 90.0 Å². The lowest BCUT2D eigenvalue weighted by Gasteiger charge is -2.32. The fraction of sp³-hybridized carbons (Fsp3) is 0.545. The molecule has 1 saturated heterocycles. The number of aromatic nitrogens is 1. The molecule has 0 aliphatic carbocycles. The molecule has 0 bridgehead atoms. The van der Waals surface area contributed by atoms with Gasteiger partial charge in [0.05, 0.1) is 5.56 Å². The topological polar surface area (TPSA) is 46.5 Å². The summed E-state index contributed by atoms with van der Waals surface area (Å²) < 4.78 is 46.4. The normalized spacial score (nSPS) is 15.4. The summed E-state index contributed by atoms with van der Waals surface area (Å²) >= 11 is 0. The van der Waals surface area contributed by atoms with Crippen molar-refractivity contribution in [3.8, 4) is 0 Å². The predicted molar refractivity (Wildman–Crippen MR) is 158 cm³/mol. The van der Waals surface area contributed by atoms with Gasteiger partial charge in [-0.15, -0.1) is 0 Å². The van der Waals surface area contributed by atoms with Gasteiger partial charge in [-0.25, -0.2) is 4.79 Å². The summed E-state index contributed by atoms with van der Waals surface area (Å²) in [6.45, 7) is 10.1. The number of unbranched alkanes of at least 4 members (excludes halogenated alkanes) is 4. The lowest BCUT2D eigenvalue weighted by Crippen LogP contribution is -2.33. The van der Waals surface area contributed by atoms with Crippen LogP contribution in [0.1, 0.15) is 88.3 Å². The van der Waals surface area contributed by atoms with E-state index in [4.69, 9.17) is 4.74 Å². The second-order valence-electron chi connectivity index (χ2n) is 12.2. The third-order valence-electron chi connectivity index (χ3n) is 7.80. The quantitative estimate of drug-likeness (QED) is 0.235. The number of carbonyl (C=O) groups excluding carboxylic acids is 1. The zero-order valence-electron chi connectivity index (χ0n) is 24.6. The highest BCUT2D eigenvalue weighted by atomic mass is 19.4. The van der Waals surface area contributed by atoms with Crippen LogP contribution in [0.3, 0.4) is 0 Å². The van der Waals surface area contributed by atoms with Crippen LogP contribution < -0.4 is 5.32 Å². The van der Waals surface area contributed by atoms with Crippen molar-refractivity contribution >= 4 is 17.0 Å². The molecule has 2 aromatic carbocycles. The van der Waals surface area contributed by atoms with Crippen molar-refractivity contribution in [3.05, 3.63) is 71.4 Å². The summed E-state index contributed by atoms with van der Waals surface area (Å²) in [5.41, 5.74) is 2.27. The first-order valence-corrected chi connectivity index (χ1v) is 14.9. The molecular weight excluding hydrogens is 527 g/mol. The van der Waals surface area contributed by atoms with Crippen LogP contribution in [-0.2, 0) is 17.5 Å². The summed E-state index contributed by atoms with van der Waals surface area (Å²) in [6, 6.07) is 13.9. The van der Waals surface area contributed by atoms with E-state index in [-0.39, 0.29) is 6.09 Å². The number of nitrogens with one attached hydrogen (secondary N) is 1. The minimum atomic E-state index is -4.32. The van der Waals surface area contributed by atoms with E-state index in [1.807, 2.05) is 26.8 Å². The monoisotopic (exact) mass is 571 g/mol. The van der Waals surface area contributed by atoms with Gasteiger partial charge in [-0.3, -0.25) is 0 Å². The Balaban J connectivity index is 1.20. The molecule has 0 unspecified atom stereocenters. The first-order chi connectivity index (χ1) is 19.5. The van der Waals surface area contributed by atoms with Crippen LogP contribution in [0.25, 0.3) is 10.9 Å². The van der Waals surface area contributed by atoms with E-state index in [2.05, 4.69) is 39.2 Å². The zero-order valence-corrected chi connectivity index (χ0v) is 24.6. The van der Waals surface area contributed by atoms with Gasteiger partial charge < -0.3 is 19.5 Å². The Labute approximate surface area is 242 Å². The molecule has 1 fully saturated rings. The number of rotatable bonds is 11. The number of halogens is 3. The van der Waals surface area contributed by atoms with Crippen LogP contribution in [-0.4, -0.2) is 47.3 Å². The summed E-state index contributed by atoms with van der Waals surface area (Å²) in [5.74, 6) is 0.488. The van der Waals surface area contributed by atoms with Crippen LogP contribution in [0.4, 0.5) is 18.0 Å². The van der Waals surface area contributed by atoms with Gasteiger partial charge in [-0.1, -0.05) is 49.6 Å². The Hall–Kier alpha value is -3.00. The first-order valence-electron chi connectivity index (χ1n) is 14.9. The molecule has 1 aliphatic rings. The molecule has 8 heteroatoms. The third kappa shape index (κ3) is 9.25. The van der Waals surface area contributed by atoms with Crippen molar-refractivity contribution in [3.63, 3.8) is 0 Å². The van der Waals surface area contributed by atoms with E-state index < -0.39 is 17.3 Å². The maximum atomic E-state index is 13.0. The molecule has 0 saturated carbocycles. The van der Waals surface area contributed by atoms with Crippen molar-refractivity contribution in [1.29, 1.82) is 0 Å². The molecule has 1 aliphatic heterocycles. The molecule has 224 valence electrons. The Morgan fingerprint density at radius 2 is 1.59 bits per heavy atom. The van der Waals surface area contributed by atoms with E-state index in [9.17, 15) is 18.0 Å². The Kier molecular flexibility index (Phi) is 10.4. The van der Waals surface area contributed by atoms with Crippen molar-refractivity contribution in [1.82, 2.24) is 14.8 Å². The molecule has 1 N–H and O–H groups in total. The molecule has 2 heterocycles. The fourth-order valence-electron chi connectivity index (χ4n) is 5.69. The van der Waals surface area contributed by atoms with Gasteiger partial charge in [0, 0.05) is 30.2 Å². The molecule has 0 radical (unpaired) electrons. The van der Waals surface area contributed by atoms with Crippen molar-refractivity contribution in [2.75, 3.05) is 26.2 Å². The number of para-hydroxylation sites is 1. The highest BCUT2D eigenvalue weighted by Crippen LogP contribution is 2.35. The molecule has 3 aromatic rings. The maximum absolute atomic E-state index is 13.0. The van der Waals surface area contributed by atoms with E-state index in [0.29, 0.717) is 19.0 Å². The number of likely N-dealkylation sites (tertiary alicyclic amines) is 1. The number of benzene rings is 2. The zero-order chi connectivity index (χ0) is 29.5. The van der Waals surface area contributed by atoms with Gasteiger partial charge in [0.25, 0.3) is 0 Å². The number of fused-ring (bicyclic) bond motifs is 1. The number of amides is 1. The first kappa shape index (κ1) is 30.9. The lowest BCUT2D eigenvalue weighted by atomic mass is 9.89. The molecule has 0 atom stereocenters. The maximum Gasteiger partial charge on any atom is 0.416 e. The molecule has 5 nitrogen and oxygen atoms in total. The van der Waals surface area contributed by atoms with Gasteiger partial charge in [-0.2, -0.15) is 13.2 Å². The van der Waals surface area contributed by atoms with Crippen molar-refractivity contribution < 1.29 is 22.7 Å². The smallest absolute Gasteiger partial charge is 0.416 e. The molecule has 1 aromatic heterocycles. The number of alkyl halides is 3.